The van der Waals surface area contributed by atoms with E-state index in [4.69, 9.17) is 4.74 Å². The summed E-state index contributed by atoms with van der Waals surface area (Å²) in [6.45, 7) is 5.94. The van der Waals surface area contributed by atoms with E-state index in [-0.39, 0.29) is 17.9 Å². The van der Waals surface area contributed by atoms with Gasteiger partial charge in [-0.05, 0) is 44.0 Å². The van der Waals surface area contributed by atoms with Crippen molar-refractivity contribution in [3.63, 3.8) is 0 Å². The lowest BCUT2D eigenvalue weighted by atomic mass is 9.93. The average Bonchev–Trinajstić information content (AvgIpc) is 2.61. The minimum Gasteiger partial charge on any atom is -0.478 e. The second-order valence-corrected chi connectivity index (χ2v) is 8.40. The number of anilines is 1. The van der Waals surface area contributed by atoms with Crippen LogP contribution in [0.15, 0.2) is 30.3 Å². The zero-order chi connectivity index (χ0) is 20.9. The largest absolute Gasteiger partial charge is 0.478 e. The van der Waals surface area contributed by atoms with Crippen molar-refractivity contribution in [1.82, 2.24) is 4.98 Å². The monoisotopic (exact) mass is 408 g/mol. The molecule has 1 unspecified atom stereocenters. The molecule has 0 radical (unpaired) electrons. The third-order valence-corrected chi connectivity index (χ3v) is 4.86. The Morgan fingerprint density at radius 2 is 2.00 bits per heavy atom. The zero-order valence-corrected chi connectivity index (χ0v) is 17.3. The maximum absolute atomic E-state index is 14.2. The summed E-state index contributed by atoms with van der Waals surface area (Å²) >= 11 is 0. The molecule has 1 heterocycles. The van der Waals surface area contributed by atoms with E-state index in [9.17, 15) is 17.6 Å². The van der Waals surface area contributed by atoms with Crippen molar-refractivity contribution in [2.45, 2.75) is 39.5 Å². The predicted molar refractivity (Wildman–Crippen MR) is 107 cm³/mol. The number of nitrogens with zero attached hydrogens (tertiary/aromatic N) is 1. The summed E-state index contributed by atoms with van der Waals surface area (Å²) in [5.74, 6) is -0.754. The van der Waals surface area contributed by atoms with Crippen molar-refractivity contribution in [2.75, 3.05) is 17.6 Å². The lowest BCUT2D eigenvalue weighted by Crippen LogP contribution is -2.13. The lowest BCUT2D eigenvalue weighted by Gasteiger charge is -2.14. The molecule has 0 saturated heterocycles. The number of aromatic nitrogens is 1. The van der Waals surface area contributed by atoms with Crippen LogP contribution in [0.2, 0.25) is 0 Å². The number of ether oxygens (including phenoxy) is 1. The Bertz CT molecular complexity index is 961. The van der Waals surface area contributed by atoms with Gasteiger partial charge in [-0.15, -0.1) is 0 Å². The van der Waals surface area contributed by atoms with Crippen LogP contribution in [-0.2, 0) is 21.2 Å². The van der Waals surface area contributed by atoms with Gasteiger partial charge in [-0.25, -0.2) is 17.8 Å². The number of carbonyl (C=O) groups excluding carboxylic acids is 1. The molecule has 0 aliphatic rings. The lowest BCUT2D eigenvalue weighted by molar-refractivity contribution is -0.120. The van der Waals surface area contributed by atoms with Gasteiger partial charge in [-0.2, -0.15) is 0 Å². The molecule has 2 rings (SSSR count). The number of Topliss-reactive ketones (excluding diaryl/α,β-unsaturated/α-hetero) is 1. The Balaban J connectivity index is 2.08. The Morgan fingerprint density at radius 1 is 1.29 bits per heavy atom. The molecule has 1 aromatic heterocycles. The molecular weight excluding hydrogens is 383 g/mol. The van der Waals surface area contributed by atoms with Gasteiger partial charge in [-0.3, -0.25) is 9.52 Å². The van der Waals surface area contributed by atoms with E-state index in [0.717, 1.165) is 17.5 Å². The highest BCUT2D eigenvalue weighted by Gasteiger charge is 2.18. The summed E-state index contributed by atoms with van der Waals surface area (Å²) in [7, 11) is -3.58. The van der Waals surface area contributed by atoms with Gasteiger partial charge >= 0.3 is 0 Å². The first kappa shape index (κ1) is 21.8. The molecule has 0 aliphatic heterocycles. The van der Waals surface area contributed by atoms with E-state index >= 15 is 0 Å². The zero-order valence-electron chi connectivity index (χ0n) is 16.5. The third kappa shape index (κ3) is 6.02. The normalized spacial score (nSPS) is 12.5. The highest BCUT2D eigenvalue weighted by atomic mass is 32.2. The maximum Gasteiger partial charge on any atom is 0.229 e. The van der Waals surface area contributed by atoms with Gasteiger partial charge in [0, 0.05) is 23.6 Å². The number of sulfonamides is 1. The number of rotatable bonds is 9. The van der Waals surface area contributed by atoms with Crippen LogP contribution in [0.25, 0.3) is 0 Å². The van der Waals surface area contributed by atoms with Crippen molar-refractivity contribution in [1.29, 1.82) is 0 Å². The topological polar surface area (TPSA) is 85.4 Å². The first-order valence-corrected chi connectivity index (χ1v) is 10.9. The van der Waals surface area contributed by atoms with E-state index in [1.165, 1.54) is 12.1 Å². The van der Waals surface area contributed by atoms with Crippen molar-refractivity contribution < 1.29 is 22.3 Å². The summed E-state index contributed by atoms with van der Waals surface area (Å²) in [5.41, 5.74) is 2.05. The van der Waals surface area contributed by atoms with Gasteiger partial charge in [0.05, 0.1) is 18.6 Å². The van der Waals surface area contributed by atoms with Crippen LogP contribution < -0.4 is 9.46 Å². The number of hydrogen-bond acceptors (Lipinski definition) is 5. The smallest absolute Gasteiger partial charge is 0.229 e. The van der Waals surface area contributed by atoms with Gasteiger partial charge in [0.25, 0.3) is 0 Å². The fourth-order valence-corrected chi connectivity index (χ4v) is 3.32. The third-order valence-electron chi connectivity index (χ3n) is 4.27. The van der Waals surface area contributed by atoms with Gasteiger partial charge in [0.15, 0.2) is 0 Å². The van der Waals surface area contributed by atoms with Crippen molar-refractivity contribution in [3.05, 3.63) is 53.0 Å². The number of aryl methyl sites for hydroxylation is 2. The molecular formula is C20H25FN2O4S. The van der Waals surface area contributed by atoms with E-state index in [1.807, 2.05) is 26.0 Å². The molecule has 0 amide bonds. The number of ketones is 1. The number of halogens is 1. The molecule has 8 heteroatoms. The van der Waals surface area contributed by atoms with Crippen LogP contribution >= 0.6 is 0 Å². The number of hydrogen-bond donors (Lipinski definition) is 1. The molecule has 2 aromatic rings. The Hall–Kier alpha value is -2.48. The molecule has 28 heavy (non-hydrogen) atoms. The van der Waals surface area contributed by atoms with E-state index in [0.29, 0.717) is 24.5 Å². The van der Waals surface area contributed by atoms with Crippen LogP contribution in [0.1, 0.15) is 43.0 Å². The average molecular weight is 408 g/mol. The van der Waals surface area contributed by atoms with Crippen molar-refractivity contribution in [2.24, 2.45) is 0 Å². The number of pyridine rings is 1. The molecule has 6 nitrogen and oxygen atoms in total. The molecule has 0 saturated carbocycles. The van der Waals surface area contributed by atoms with E-state index < -0.39 is 21.8 Å². The molecule has 0 spiro atoms. The number of nitrogens with one attached hydrogen (secondary N) is 1. The van der Waals surface area contributed by atoms with Gasteiger partial charge < -0.3 is 4.74 Å². The summed E-state index contributed by atoms with van der Waals surface area (Å²) in [6.07, 6.45) is 1.68. The summed E-state index contributed by atoms with van der Waals surface area (Å²) in [4.78, 5) is 16.9. The second-order valence-electron chi connectivity index (χ2n) is 6.65. The highest BCUT2D eigenvalue weighted by molar-refractivity contribution is 7.92. The molecule has 1 aromatic carbocycles. The molecule has 0 fully saturated rings. The van der Waals surface area contributed by atoms with E-state index in [1.54, 1.807) is 13.0 Å². The Labute approximate surface area is 165 Å². The molecule has 0 bridgehead atoms. The second kappa shape index (κ2) is 9.14. The maximum atomic E-state index is 14.2. The fourth-order valence-electron chi connectivity index (χ4n) is 2.76. The van der Waals surface area contributed by atoms with Crippen LogP contribution in [0, 0.1) is 12.7 Å². The summed E-state index contributed by atoms with van der Waals surface area (Å²) < 4.78 is 44.3. The standard InChI is InChI=1S/C20H25FN2O4S/c1-5-27-20-15(7-6-13(2)22-20)9-11-19(24)14(3)16-8-10-18(17(21)12-16)23-28(4,25)26/h6-8,10,12,14,23H,5,9,11H2,1-4H3. The molecule has 0 aliphatic carbocycles. The first-order chi connectivity index (χ1) is 13.1. The van der Waals surface area contributed by atoms with Crippen LogP contribution in [0.3, 0.4) is 0 Å². The summed E-state index contributed by atoms with van der Waals surface area (Å²) in [5, 5.41) is 0. The van der Waals surface area contributed by atoms with Crippen LogP contribution in [0.4, 0.5) is 10.1 Å². The minimum absolute atomic E-state index is 0.0498. The SMILES string of the molecule is CCOc1nc(C)ccc1CCC(=O)C(C)c1ccc(NS(C)(=O)=O)c(F)c1. The first-order valence-electron chi connectivity index (χ1n) is 9.00. The van der Waals surface area contributed by atoms with Crippen molar-refractivity contribution >= 4 is 21.5 Å². The Kier molecular flexibility index (Phi) is 7.12. The summed E-state index contributed by atoms with van der Waals surface area (Å²) in [6, 6.07) is 7.84. The highest BCUT2D eigenvalue weighted by Crippen LogP contribution is 2.25. The fraction of sp³-hybridized carbons (Fsp3) is 0.400. The van der Waals surface area contributed by atoms with E-state index in [2.05, 4.69) is 9.71 Å². The molecule has 152 valence electrons. The van der Waals surface area contributed by atoms with Crippen molar-refractivity contribution in [3.8, 4) is 5.88 Å². The number of carbonyl (C=O) groups is 1. The van der Waals surface area contributed by atoms with Gasteiger partial charge in [-0.1, -0.05) is 19.1 Å². The Morgan fingerprint density at radius 3 is 2.61 bits per heavy atom. The quantitative estimate of drug-likeness (QED) is 0.685. The van der Waals surface area contributed by atoms with Gasteiger partial charge in [0.1, 0.15) is 11.6 Å². The van der Waals surface area contributed by atoms with Crippen LogP contribution in [0.5, 0.6) is 5.88 Å². The molecule has 1 N–H and O–H groups in total. The molecule has 1 atom stereocenters. The van der Waals surface area contributed by atoms with Gasteiger partial charge in [0.2, 0.25) is 15.9 Å². The van der Waals surface area contributed by atoms with Crippen LogP contribution in [-0.4, -0.2) is 32.0 Å². The predicted octanol–water partition coefficient (Wildman–Crippen LogP) is 3.60. The number of benzene rings is 1. The minimum atomic E-state index is -3.58.